The maximum Gasteiger partial charge on any atom is 0.268 e. The maximum atomic E-state index is 13.3. The van der Waals surface area contributed by atoms with E-state index in [2.05, 4.69) is 26.4 Å². The molecule has 4 aromatic rings. The molecule has 182 valence electrons. The molecule has 1 aliphatic heterocycles. The summed E-state index contributed by atoms with van der Waals surface area (Å²) < 4.78 is 2.17. The third-order valence-electron chi connectivity index (χ3n) is 7.45. The number of thiophene rings is 1. The number of rotatable bonds is 5. The van der Waals surface area contributed by atoms with Crippen molar-refractivity contribution in [1.29, 1.82) is 0 Å². The Morgan fingerprint density at radius 1 is 1.22 bits per heavy atom. The average Bonchev–Trinajstić information content (AvgIpc) is 3.60. The van der Waals surface area contributed by atoms with E-state index in [0.717, 1.165) is 59.5 Å². The minimum atomic E-state index is -0.185. The summed E-state index contributed by atoms with van der Waals surface area (Å²) in [4.78, 5) is 41.9. The number of hydrogen-bond acceptors (Lipinski definition) is 6. The van der Waals surface area contributed by atoms with Crippen molar-refractivity contribution in [2.45, 2.75) is 32.2 Å². The Hall–Kier alpha value is -3.85. The van der Waals surface area contributed by atoms with Crippen LogP contribution in [0.3, 0.4) is 0 Å². The molecule has 1 saturated heterocycles. The number of para-hydroxylation sites is 2. The number of anilines is 1. The average molecular weight is 499 g/mol. The van der Waals surface area contributed by atoms with Crippen LogP contribution >= 0.6 is 11.3 Å². The monoisotopic (exact) mass is 498 g/mol. The van der Waals surface area contributed by atoms with Crippen molar-refractivity contribution in [3.8, 4) is 10.4 Å². The number of hydrogen-bond donors (Lipinski definition) is 1. The van der Waals surface area contributed by atoms with Crippen LogP contribution < -0.4 is 5.32 Å². The Kier molecular flexibility index (Phi) is 5.44. The summed E-state index contributed by atoms with van der Waals surface area (Å²) >= 11 is 1.41. The van der Waals surface area contributed by atoms with Gasteiger partial charge in [0.1, 0.15) is 6.33 Å². The minimum Gasteiger partial charge on any atom is -0.339 e. The largest absolute Gasteiger partial charge is 0.339 e. The van der Waals surface area contributed by atoms with Gasteiger partial charge in [0.05, 0.1) is 15.9 Å². The number of imidazole rings is 1. The van der Waals surface area contributed by atoms with Crippen LogP contribution in [0.4, 0.5) is 5.95 Å². The minimum absolute atomic E-state index is 0.00364. The Morgan fingerprint density at radius 2 is 2.06 bits per heavy atom. The van der Waals surface area contributed by atoms with Crippen LogP contribution in [0.15, 0.2) is 61.6 Å². The normalized spacial score (nSPS) is 21.0. The quantitative estimate of drug-likeness (QED) is 0.397. The highest BCUT2D eigenvalue weighted by molar-refractivity contribution is 7.17. The lowest BCUT2D eigenvalue weighted by Crippen LogP contribution is -2.42. The van der Waals surface area contributed by atoms with Crippen molar-refractivity contribution in [2.75, 3.05) is 18.4 Å². The molecule has 1 aliphatic carbocycles. The van der Waals surface area contributed by atoms with E-state index in [1.807, 2.05) is 48.2 Å². The van der Waals surface area contributed by atoms with Gasteiger partial charge in [-0.1, -0.05) is 18.7 Å². The van der Waals surface area contributed by atoms with Gasteiger partial charge in [0.15, 0.2) is 0 Å². The SMILES string of the molecule is C=CC(=O)N1CCC2(CC(n3c(NC(=O)c4ccc(-c5cncnc5C)s4)nc4ccccc43)C2)C1. The highest BCUT2D eigenvalue weighted by Gasteiger charge is 2.50. The molecule has 1 saturated carbocycles. The van der Waals surface area contributed by atoms with Gasteiger partial charge in [0.25, 0.3) is 5.91 Å². The van der Waals surface area contributed by atoms with Crippen LogP contribution in [0, 0.1) is 12.3 Å². The van der Waals surface area contributed by atoms with Gasteiger partial charge in [0.2, 0.25) is 11.9 Å². The zero-order valence-electron chi connectivity index (χ0n) is 20.0. The van der Waals surface area contributed by atoms with Crippen LogP contribution in [0.2, 0.25) is 0 Å². The van der Waals surface area contributed by atoms with Crippen molar-refractivity contribution in [1.82, 2.24) is 24.4 Å². The first-order valence-electron chi connectivity index (χ1n) is 12.0. The molecule has 0 atom stereocenters. The number of aryl methyl sites for hydroxylation is 1. The lowest BCUT2D eigenvalue weighted by atomic mass is 9.65. The van der Waals surface area contributed by atoms with E-state index in [0.29, 0.717) is 10.8 Å². The number of carbonyl (C=O) groups is 2. The fourth-order valence-electron chi connectivity index (χ4n) is 5.61. The second-order valence-corrected chi connectivity index (χ2v) is 10.8. The van der Waals surface area contributed by atoms with E-state index < -0.39 is 0 Å². The molecular formula is C27H26N6O2S. The summed E-state index contributed by atoms with van der Waals surface area (Å²) in [5.41, 5.74) is 3.80. The zero-order valence-corrected chi connectivity index (χ0v) is 20.8. The van der Waals surface area contributed by atoms with Gasteiger partial charge in [-0.25, -0.2) is 15.0 Å². The summed E-state index contributed by atoms with van der Waals surface area (Å²) in [5, 5.41) is 3.07. The van der Waals surface area contributed by atoms with Gasteiger partial charge in [-0.3, -0.25) is 14.9 Å². The van der Waals surface area contributed by atoms with E-state index in [-0.39, 0.29) is 23.3 Å². The number of fused-ring (bicyclic) bond motifs is 1. The Morgan fingerprint density at radius 3 is 2.86 bits per heavy atom. The van der Waals surface area contributed by atoms with Crippen LogP contribution in [-0.2, 0) is 4.79 Å². The molecule has 0 bridgehead atoms. The van der Waals surface area contributed by atoms with Gasteiger partial charge in [-0.05, 0) is 61.9 Å². The van der Waals surface area contributed by atoms with Crippen molar-refractivity contribution in [2.24, 2.45) is 5.41 Å². The Labute approximate surface area is 212 Å². The van der Waals surface area contributed by atoms with Crippen molar-refractivity contribution in [3.63, 3.8) is 0 Å². The standard InChI is InChI=1S/C27H26N6O2S/c1-3-24(34)32-11-10-27(15-32)12-18(13-27)33-21-7-5-4-6-20(21)30-26(33)31-25(35)23-9-8-22(36-23)19-14-28-16-29-17(19)2/h3-9,14,16,18H,1,10-13,15H2,2H3,(H,30,31,35). The number of likely N-dealkylation sites (tertiary alicyclic amines) is 1. The molecule has 3 aromatic heterocycles. The third-order valence-corrected chi connectivity index (χ3v) is 8.57. The van der Waals surface area contributed by atoms with Crippen LogP contribution in [0.1, 0.15) is 40.7 Å². The Bertz CT molecular complexity index is 1500. The molecule has 4 heterocycles. The number of benzene rings is 1. The number of nitrogens with one attached hydrogen (secondary N) is 1. The van der Waals surface area contributed by atoms with E-state index in [1.54, 1.807) is 6.20 Å². The smallest absolute Gasteiger partial charge is 0.268 e. The maximum absolute atomic E-state index is 13.3. The van der Waals surface area contributed by atoms with Gasteiger partial charge in [-0.2, -0.15) is 0 Å². The molecule has 1 spiro atoms. The van der Waals surface area contributed by atoms with E-state index in [4.69, 9.17) is 4.98 Å². The molecule has 1 N–H and O–H groups in total. The fraction of sp³-hybridized carbons (Fsp3) is 0.296. The van der Waals surface area contributed by atoms with Gasteiger partial charge in [-0.15, -0.1) is 11.3 Å². The van der Waals surface area contributed by atoms with Crippen molar-refractivity contribution < 1.29 is 9.59 Å². The topological polar surface area (TPSA) is 93.0 Å². The predicted molar refractivity (Wildman–Crippen MR) is 140 cm³/mol. The molecular weight excluding hydrogens is 472 g/mol. The first-order valence-corrected chi connectivity index (χ1v) is 12.8. The predicted octanol–water partition coefficient (Wildman–Crippen LogP) is 4.86. The van der Waals surface area contributed by atoms with Crippen LogP contribution in [-0.4, -0.2) is 49.3 Å². The lowest BCUT2D eigenvalue weighted by Gasteiger charge is -2.46. The molecule has 0 unspecified atom stereocenters. The number of aromatic nitrogens is 4. The molecule has 2 amide bonds. The molecule has 0 radical (unpaired) electrons. The number of carbonyl (C=O) groups excluding carboxylic acids is 2. The molecule has 6 rings (SSSR count). The first kappa shape index (κ1) is 22.6. The summed E-state index contributed by atoms with van der Waals surface area (Å²) in [6.45, 7) is 7.10. The molecule has 8 nitrogen and oxygen atoms in total. The second kappa shape index (κ2) is 8.67. The molecule has 36 heavy (non-hydrogen) atoms. The van der Waals surface area contributed by atoms with Crippen LogP contribution in [0.25, 0.3) is 21.5 Å². The van der Waals surface area contributed by atoms with E-state index >= 15 is 0 Å². The molecule has 2 fully saturated rings. The number of amides is 2. The van der Waals surface area contributed by atoms with Crippen molar-refractivity contribution in [3.05, 3.63) is 72.1 Å². The summed E-state index contributed by atoms with van der Waals surface area (Å²) in [7, 11) is 0. The highest BCUT2D eigenvalue weighted by atomic mass is 32.1. The Balaban J connectivity index is 1.25. The third kappa shape index (κ3) is 3.80. The number of nitrogens with zero attached hydrogens (tertiary/aromatic N) is 5. The van der Waals surface area contributed by atoms with Gasteiger partial charge >= 0.3 is 0 Å². The highest BCUT2D eigenvalue weighted by Crippen LogP contribution is 2.55. The van der Waals surface area contributed by atoms with Crippen molar-refractivity contribution >= 4 is 40.1 Å². The van der Waals surface area contributed by atoms with Gasteiger partial charge < -0.3 is 9.47 Å². The second-order valence-electron chi connectivity index (χ2n) is 9.71. The van der Waals surface area contributed by atoms with Gasteiger partial charge in [0, 0.05) is 41.5 Å². The summed E-state index contributed by atoms with van der Waals surface area (Å²) in [6.07, 6.45) is 7.59. The van der Waals surface area contributed by atoms with Crippen LogP contribution in [0.5, 0.6) is 0 Å². The fourth-order valence-corrected chi connectivity index (χ4v) is 6.57. The lowest BCUT2D eigenvalue weighted by molar-refractivity contribution is -0.125. The van der Waals surface area contributed by atoms with E-state index in [9.17, 15) is 9.59 Å². The first-order chi connectivity index (χ1) is 17.5. The molecule has 1 aromatic carbocycles. The zero-order chi connectivity index (χ0) is 24.9. The summed E-state index contributed by atoms with van der Waals surface area (Å²) in [5.74, 6) is 0.381. The summed E-state index contributed by atoms with van der Waals surface area (Å²) in [6, 6.07) is 11.9. The van der Waals surface area contributed by atoms with E-state index in [1.165, 1.54) is 23.7 Å². The molecule has 9 heteroatoms. The molecule has 2 aliphatic rings.